The monoisotopic (exact) mass is 343 g/mol. The zero-order valence-electron chi connectivity index (χ0n) is 12.9. The van der Waals surface area contributed by atoms with Crippen molar-refractivity contribution in [3.8, 4) is 0 Å². The number of nitrogens with one attached hydrogen (secondary N) is 1. The highest BCUT2D eigenvalue weighted by molar-refractivity contribution is 9.10. The maximum absolute atomic E-state index is 5.26. The average molecular weight is 344 g/mol. The molecule has 0 aliphatic heterocycles. The molecular formula is C15H26BrN3O. The molecule has 0 unspecified atom stereocenters. The number of hydrogen-bond donors (Lipinski definition) is 1. The van der Waals surface area contributed by atoms with Gasteiger partial charge in [0.15, 0.2) is 0 Å². The molecule has 0 amide bonds. The Labute approximate surface area is 131 Å². The molecule has 0 aliphatic carbocycles. The van der Waals surface area contributed by atoms with Crippen molar-refractivity contribution >= 4 is 21.7 Å². The summed E-state index contributed by atoms with van der Waals surface area (Å²) in [5, 5.41) is 3.22. The van der Waals surface area contributed by atoms with Crippen LogP contribution in [0.1, 0.15) is 32.3 Å². The molecule has 0 aromatic carbocycles. The molecule has 1 aromatic heterocycles. The highest BCUT2D eigenvalue weighted by Gasteiger charge is 2.19. The van der Waals surface area contributed by atoms with E-state index in [9.17, 15) is 0 Å². The van der Waals surface area contributed by atoms with E-state index in [1.54, 1.807) is 7.11 Å². The second kappa shape index (κ2) is 9.32. The first kappa shape index (κ1) is 17.4. The molecule has 0 radical (unpaired) electrons. The van der Waals surface area contributed by atoms with Crippen molar-refractivity contribution in [2.75, 3.05) is 32.2 Å². The number of aromatic nitrogens is 1. The Kier molecular flexibility index (Phi) is 8.11. The lowest BCUT2D eigenvalue weighted by Crippen LogP contribution is -2.38. The van der Waals surface area contributed by atoms with Gasteiger partial charge in [0.25, 0.3) is 0 Å². The van der Waals surface area contributed by atoms with Gasteiger partial charge in [0, 0.05) is 42.5 Å². The summed E-state index contributed by atoms with van der Waals surface area (Å²) in [7, 11) is 3.70. The van der Waals surface area contributed by atoms with Crippen LogP contribution >= 0.6 is 15.9 Å². The van der Waals surface area contributed by atoms with E-state index >= 15 is 0 Å². The summed E-state index contributed by atoms with van der Waals surface area (Å²) < 4.78 is 6.28. The number of hydrogen-bond acceptors (Lipinski definition) is 4. The van der Waals surface area contributed by atoms with Gasteiger partial charge in [0.05, 0.1) is 6.61 Å². The third-order valence-corrected chi connectivity index (χ3v) is 3.90. The highest BCUT2D eigenvalue weighted by Crippen LogP contribution is 2.25. The Balaban J connectivity index is 3.10. The van der Waals surface area contributed by atoms with Crippen LogP contribution in [0.25, 0.3) is 0 Å². The molecule has 1 rings (SSSR count). The van der Waals surface area contributed by atoms with Crippen LogP contribution in [0.4, 0.5) is 5.82 Å². The molecule has 0 spiro atoms. The Morgan fingerprint density at radius 1 is 1.40 bits per heavy atom. The number of ether oxygens (including phenoxy) is 1. The van der Waals surface area contributed by atoms with Crippen LogP contribution in [0.5, 0.6) is 0 Å². The number of nitrogens with zero attached hydrogens (tertiary/aromatic N) is 2. The number of methoxy groups -OCH3 is 1. The van der Waals surface area contributed by atoms with Crippen molar-refractivity contribution in [3.05, 3.63) is 22.3 Å². The molecule has 20 heavy (non-hydrogen) atoms. The van der Waals surface area contributed by atoms with E-state index in [0.29, 0.717) is 12.6 Å². The zero-order valence-corrected chi connectivity index (χ0v) is 14.5. The van der Waals surface area contributed by atoms with Gasteiger partial charge in [-0.3, -0.25) is 0 Å². The minimum atomic E-state index is 0.495. The molecule has 0 atom stereocenters. The first-order valence-electron chi connectivity index (χ1n) is 7.22. The van der Waals surface area contributed by atoms with Crippen molar-refractivity contribution in [2.45, 2.75) is 39.3 Å². The molecule has 0 bridgehead atoms. The molecule has 1 heterocycles. The second-order valence-electron chi connectivity index (χ2n) is 4.82. The normalized spacial score (nSPS) is 11.1. The maximum atomic E-state index is 5.26. The second-order valence-corrected chi connectivity index (χ2v) is 5.74. The molecule has 0 aliphatic rings. The molecule has 0 fully saturated rings. The molecule has 5 heteroatoms. The van der Waals surface area contributed by atoms with Crippen LogP contribution < -0.4 is 10.2 Å². The standard InChI is InChI=1S/C15H26BrN3O/c1-5-14(6-2)19(7-8-20-4)15-12(10-17-3)9-13(16)11-18-15/h9,11,14,17H,5-8,10H2,1-4H3. The van der Waals surface area contributed by atoms with Gasteiger partial charge in [0.1, 0.15) is 5.82 Å². The third-order valence-electron chi connectivity index (χ3n) is 3.47. The van der Waals surface area contributed by atoms with Crippen molar-refractivity contribution in [1.29, 1.82) is 0 Å². The molecule has 4 nitrogen and oxygen atoms in total. The smallest absolute Gasteiger partial charge is 0.133 e. The summed E-state index contributed by atoms with van der Waals surface area (Å²) in [5.41, 5.74) is 1.21. The molecule has 0 saturated heterocycles. The van der Waals surface area contributed by atoms with Gasteiger partial charge in [-0.05, 0) is 41.9 Å². The number of rotatable bonds is 9. The van der Waals surface area contributed by atoms with Crippen molar-refractivity contribution in [3.63, 3.8) is 0 Å². The summed E-state index contributed by atoms with van der Waals surface area (Å²) in [5.74, 6) is 1.06. The van der Waals surface area contributed by atoms with Crippen molar-refractivity contribution < 1.29 is 4.74 Å². The molecule has 1 aromatic rings. The third kappa shape index (κ3) is 4.72. The first-order valence-corrected chi connectivity index (χ1v) is 8.01. The van der Waals surface area contributed by atoms with Crippen LogP contribution in [0, 0.1) is 0 Å². The lowest BCUT2D eigenvalue weighted by molar-refractivity contribution is 0.202. The van der Waals surface area contributed by atoms with E-state index in [-0.39, 0.29) is 0 Å². The van der Waals surface area contributed by atoms with Gasteiger partial charge in [-0.15, -0.1) is 0 Å². The first-order chi connectivity index (χ1) is 9.67. The van der Waals surface area contributed by atoms with Crippen molar-refractivity contribution in [1.82, 2.24) is 10.3 Å². The van der Waals surface area contributed by atoms with E-state index in [1.807, 2.05) is 13.2 Å². The van der Waals surface area contributed by atoms with Gasteiger partial charge in [-0.1, -0.05) is 13.8 Å². The fraction of sp³-hybridized carbons (Fsp3) is 0.667. The molecule has 1 N–H and O–H groups in total. The number of halogens is 1. The average Bonchev–Trinajstić information content (AvgIpc) is 2.45. The fourth-order valence-electron chi connectivity index (χ4n) is 2.43. The summed E-state index contributed by atoms with van der Waals surface area (Å²) in [4.78, 5) is 7.03. The predicted octanol–water partition coefficient (Wildman–Crippen LogP) is 3.20. The minimum Gasteiger partial charge on any atom is -0.383 e. The summed E-state index contributed by atoms with van der Waals surface area (Å²) >= 11 is 3.51. The quantitative estimate of drug-likeness (QED) is 0.747. The SMILES string of the molecule is CCC(CC)N(CCOC)c1ncc(Br)cc1CNC. The van der Waals surface area contributed by atoms with Gasteiger partial charge in [-0.25, -0.2) is 4.98 Å². The Morgan fingerprint density at radius 3 is 2.65 bits per heavy atom. The maximum Gasteiger partial charge on any atom is 0.133 e. The van der Waals surface area contributed by atoms with Crippen LogP contribution in [-0.2, 0) is 11.3 Å². The van der Waals surface area contributed by atoms with E-state index in [2.05, 4.69) is 51.0 Å². The summed E-state index contributed by atoms with van der Waals surface area (Å²) in [6, 6.07) is 2.63. The van der Waals surface area contributed by atoms with Gasteiger partial charge in [0.2, 0.25) is 0 Å². The van der Waals surface area contributed by atoms with Crippen LogP contribution in [-0.4, -0.2) is 38.3 Å². The van der Waals surface area contributed by atoms with Gasteiger partial charge < -0.3 is 15.0 Å². The topological polar surface area (TPSA) is 37.4 Å². The molecular weight excluding hydrogens is 318 g/mol. The lowest BCUT2D eigenvalue weighted by atomic mass is 10.1. The largest absolute Gasteiger partial charge is 0.383 e. The number of anilines is 1. The van der Waals surface area contributed by atoms with Gasteiger partial charge >= 0.3 is 0 Å². The molecule has 0 saturated carbocycles. The van der Waals surface area contributed by atoms with Gasteiger partial charge in [-0.2, -0.15) is 0 Å². The minimum absolute atomic E-state index is 0.495. The zero-order chi connectivity index (χ0) is 15.0. The summed E-state index contributed by atoms with van der Waals surface area (Å²) in [6.07, 6.45) is 4.09. The highest BCUT2D eigenvalue weighted by atomic mass is 79.9. The lowest BCUT2D eigenvalue weighted by Gasteiger charge is -2.33. The Morgan fingerprint density at radius 2 is 2.10 bits per heavy atom. The van der Waals surface area contributed by atoms with Crippen LogP contribution in [0.3, 0.4) is 0 Å². The van der Waals surface area contributed by atoms with Crippen LogP contribution in [0.2, 0.25) is 0 Å². The fourth-order valence-corrected chi connectivity index (χ4v) is 2.81. The van der Waals surface area contributed by atoms with E-state index in [0.717, 1.165) is 36.2 Å². The van der Waals surface area contributed by atoms with E-state index < -0.39 is 0 Å². The molecule has 114 valence electrons. The Hall–Kier alpha value is -0.650. The van der Waals surface area contributed by atoms with Crippen LogP contribution in [0.15, 0.2) is 16.7 Å². The van der Waals surface area contributed by atoms with Crippen molar-refractivity contribution in [2.24, 2.45) is 0 Å². The predicted molar refractivity (Wildman–Crippen MR) is 88.3 cm³/mol. The Bertz CT molecular complexity index is 397. The number of pyridine rings is 1. The van der Waals surface area contributed by atoms with E-state index in [1.165, 1.54) is 5.56 Å². The summed E-state index contributed by atoms with van der Waals surface area (Å²) in [6.45, 7) is 6.85. The van der Waals surface area contributed by atoms with E-state index in [4.69, 9.17) is 4.74 Å².